The number of ether oxygens (including phenoxy) is 1. The van der Waals surface area contributed by atoms with Gasteiger partial charge in [-0.15, -0.1) is 0 Å². The van der Waals surface area contributed by atoms with Gasteiger partial charge in [-0.25, -0.2) is 0 Å². The molecule has 0 aliphatic carbocycles. The molecule has 0 saturated carbocycles. The smallest absolute Gasteiger partial charge is 0.291 e. The molecular formula is C22H25NO5. The Kier molecular flexibility index (Phi) is 6.93. The van der Waals surface area contributed by atoms with Gasteiger partial charge in [0.05, 0.1) is 17.6 Å². The molecule has 0 atom stereocenters. The number of non-ortho nitro benzene ring substituents is 1. The molecule has 28 heavy (non-hydrogen) atoms. The number of allylic oxidation sites excluding steroid dienone is 3. The predicted octanol–water partition coefficient (Wildman–Crippen LogP) is 5.16. The summed E-state index contributed by atoms with van der Waals surface area (Å²) >= 11 is 0. The second-order valence-corrected chi connectivity index (χ2v) is 6.83. The fraction of sp³-hybridized carbons (Fsp3) is 0.318. The van der Waals surface area contributed by atoms with Crippen LogP contribution in [0.25, 0.3) is 6.08 Å². The van der Waals surface area contributed by atoms with Crippen molar-refractivity contribution in [2.24, 2.45) is 0 Å². The van der Waals surface area contributed by atoms with Gasteiger partial charge in [0, 0.05) is 24.1 Å². The lowest BCUT2D eigenvalue weighted by molar-refractivity contribution is -0.384. The lowest BCUT2D eigenvalue weighted by Crippen LogP contribution is -2.13. The largest absolute Gasteiger partial charge is 0.468 e. The number of nitro groups is 1. The van der Waals surface area contributed by atoms with Gasteiger partial charge in [-0.1, -0.05) is 35.4 Å². The Bertz CT molecular complexity index is 998. The highest BCUT2D eigenvalue weighted by molar-refractivity contribution is 5.58. The van der Waals surface area contributed by atoms with Crippen LogP contribution in [0.5, 0.6) is 5.95 Å². The van der Waals surface area contributed by atoms with Crippen LogP contribution in [-0.4, -0.2) is 12.0 Å². The van der Waals surface area contributed by atoms with Crippen LogP contribution in [0.3, 0.4) is 0 Å². The van der Waals surface area contributed by atoms with Gasteiger partial charge in [0.15, 0.2) is 5.43 Å². The molecule has 0 amide bonds. The molecule has 0 unspecified atom stereocenters. The standard InChI is InChI=1S/C22H25NO5/c1-14(9-10-20-16(3)21(24)17(4)22(27-5)28-20)11-15(2)12-18-7-6-8-19(13-18)23(25)26/h6-8,11-13H,9-10H2,1-5H3/b14-11+,15-12+. The second kappa shape index (κ2) is 9.17. The quantitative estimate of drug-likeness (QED) is 0.375. The maximum atomic E-state index is 12.3. The number of methoxy groups -OCH3 is 1. The Morgan fingerprint density at radius 2 is 1.96 bits per heavy atom. The van der Waals surface area contributed by atoms with E-state index in [9.17, 15) is 14.9 Å². The zero-order valence-corrected chi connectivity index (χ0v) is 16.9. The average molecular weight is 383 g/mol. The molecule has 0 saturated heterocycles. The van der Waals surface area contributed by atoms with Crippen molar-refractivity contribution in [3.8, 4) is 5.95 Å². The summed E-state index contributed by atoms with van der Waals surface area (Å²) in [6, 6.07) is 6.52. The normalized spacial score (nSPS) is 12.2. The third-order valence-electron chi connectivity index (χ3n) is 4.50. The second-order valence-electron chi connectivity index (χ2n) is 6.83. The first-order valence-electron chi connectivity index (χ1n) is 9.00. The molecule has 0 aliphatic heterocycles. The van der Waals surface area contributed by atoms with E-state index >= 15 is 0 Å². The van der Waals surface area contributed by atoms with Gasteiger partial charge in [0.2, 0.25) is 0 Å². The van der Waals surface area contributed by atoms with Crippen LogP contribution in [0.4, 0.5) is 5.69 Å². The highest BCUT2D eigenvalue weighted by Crippen LogP contribution is 2.21. The Morgan fingerprint density at radius 1 is 1.25 bits per heavy atom. The topological polar surface area (TPSA) is 82.6 Å². The Balaban J connectivity index is 2.15. The first kappa shape index (κ1) is 21.2. The molecule has 0 aliphatic rings. The van der Waals surface area contributed by atoms with E-state index in [1.807, 2.05) is 32.1 Å². The molecular weight excluding hydrogens is 358 g/mol. The van der Waals surface area contributed by atoms with Crippen LogP contribution in [-0.2, 0) is 6.42 Å². The van der Waals surface area contributed by atoms with E-state index < -0.39 is 4.92 Å². The summed E-state index contributed by atoms with van der Waals surface area (Å²) in [4.78, 5) is 22.7. The van der Waals surface area contributed by atoms with Crippen LogP contribution in [0.15, 0.2) is 50.7 Å². The number of aryl methyl sites for hydroxylation is 1. The Morgan fingerprint density at radius 3 is 2.61 bits per heavy atom. The summed E-state index contributed by atoms with van der Waals surface area (Å²) in [7, 11) is 1.48. The maximum Gasteiger partial charge on any atom is 0.291 e. The summed E-state index contributed by atoms with van der Waals surface area (Å²) < 4.78 is 10.9. The number of nitro benzene ring substituents is 1. The lowest BCUT2D eigenvalue weighted by atomic mass is 10.0. The summed E-state index contributed by atoms with van der Waals surface area (Å²) in [5.41, 5.74) is 3.98. The molecule has 0 bridgehead atoms. The molecule has 1 aromatic carbocycles. The summed E-state index contributed by atoms with van der Waals surface area (Å²) in [6.45, 7) is 7.40. The lowest BCUT2D eigenvalue weighted by Gasteiger charge is -2.09. The number of rotatable bonds is 7. The van der Waals surface area contributed by atoms with Crippen molar-refractivity contribution < 1.29 is 14.1 Å². The SMILES string of the molecule is COc1oc(CC/C(C)=C/C(C)=C/c2cccc([N+](=O)[O-])c2)c(C)c(=O)c1C. The predicted molar refractivity (Wildman–Crippen MR) is 110 cm³/mol. The first-order chi connectivity index (χ1) is 13.2. The van der Waals surface area contributed by atoms with Crippen LogP contribution >= 0.6 is 0 Å². The van der Waals surface area contributed by atoms with Crippen LogP contribution in [0, 0.1) is 24.0 Å². The van der Waals surface area contributed by atoms with E-state index in [-0.39, 0.29) is 17.1 Å². The van der Waals surface area contributed by atoms with E-state index in [1.165, 1.54) is 13.2 Å². The van der Waals surface area contributed by atoms with Crippen molar-refractivity contribution in [1.82, 2.24) is 0 Å². The number of benzene rings is 1. The molecule has 0 spiro atoms. The number of nitrogens with zero attached hydrogens (tertiary/aromatic N) is 1. The molecule has 2 aromatic rings. The number of hydrogen-bond acceptors (Lipinski definition) is 5. The summed E-state index contributed by atoms with van der Waals surface area (Å²) in [5.74, 6) is 0.884. The first-order valence-corrected chi connectivity index (χ1v) is 9.00. The van der Waals surface area contributed by atoms with Crippen molar-refractivity contribution in [2.45, 2.75) is 40.5 Å². The zero-order chi connectivity index (χ0) is 20.8. The van der Waals surface area contributed by atoms with Gasteiger partial charge in [-0.2, -0.15) is 0 Å². The van der Waals surface area contributed by atoms with Crippen LogP contribution in [0.1, 0.15) is 42.7 Å². The van der Waals surface area contributed by atoms with E-state index in [0.29, 0.717) is 23.3 Å². The van der Waals surface area contributed by atoms with E-state index in [4.69, 9.17) is 9.15 Å². The molecule has 1 heterocycles. The van der Waals surface area contributed by atoms with Gasteiger partial charge in [-0.05, 0) is 39.7 Å². The summed E-state index contributed by atoms with van der Waals surface area (Å²) in [6.07, 6.45) is 5.23. The van der Waals surface area contributed by atoms with E-state index in [1.54, 1.807) is 26.0 Å². The molecule has 0 radical (unpaired) electrons. The van der Waals surface area contributed by atoms with E-state index in [2.05, 4.69) is 0 Å². The Labute approximate surface area is 164 Å². The van der Waals surface area contributed by atoms with Gasteiger partial charge in [0.25, 0.3) is 11.6 Å². The van der Waals surface area contributed by atoms with Crippen LogP contribution in [0.2, 0.25) is 0 Å². The van der Waals surface area contributed by atoms with E-state index in [0.717, 1.165) is 23.1 Å². The minimum Gasteiger partial charge on any atom is -0.468 e. The highest BCUT2D eigenvalue weighted by atomic mass is 16.6. The molecule has 6 nitrogen and oxygen atoms in total. The van der Waals surface area contributed by atoms with Crippen LogP contribution < -0.4 is 10.2 Å². The molecule has 2 rings (SSSR count). The Hall–Kier alpha value is -3.15. The highest BCUT2D eigenvalue weighted by Gasteiger charge is 2.14. The molecule has 0 N–H and O–H groups in total. The number of hydrogen-bond donors (Lipinski definition) is 0. The minimum absolute atomic E-state index is 0.0542. The average Bonchev–Trinajstić information content (AvgIpc) is 2.65. The van der Waals surface area contributed by atoms with Gasteiger partial charge in [0.1, 0.15) is 5.76 Å². The third kappa shape index (κ3) is 5.19. The van der Waals surface area contributed by atoms with Gasteiger partial charge < -0.3 is 9.15 Å². The maximum absolute atomic E-state index is 12.3. The van der Waals surface area contributed by atoms with Gasteiger partial charge >= 0.3 is 0 Å². The van der Waals surface area contributed by atoms with Crippen molar-refractivity contribution in [3.05, 3.63) is 84.3 Å². The van der Waals surface area contributed by atoms with Crippen molar-refractivity contribution in [1.29, 1.82) is 0 Å². The monoisotopic (exact) mass is 383 g/mol. The molecule has 148 valence electrons. The zero-order valence-electron chi connectivity index (χ0n) is 16.9. The summed E-state index contributed by atoms with van der Waals surface area (Å²) in [5, 5.41) is 10.9. The van der Waals surface area contributed by atoms with Crippen molar-refractivity contribution in [2.75, 3.05) is 7.11 Å². The minimum atomic E-state index is -0.403. The molecule has 0 fully saturated rings. The molecule has 6 heteroatoms. The van der Waals surface area contributed by atoms with Crippen molar-refractivity contribution >= 4 is 11.8 Å². The molecule has 1 aromatic heterocycles. The fourth-order valence-electron chi connectivity index (χ4n) is 3.00. The fourth-order valence-corrected chi connectivity index (χ4v) is 3.00. The van der Waals surface area contributed by atoms with Crippen molar-refractivity contribution in [3.63, 3.8) is 0 Å². The third-order valence-corrected chi connectivity index (χ3v) is 4.50. The van der Waals surface area contributed by atoms with Gasteiger partial charge in [-0.3, -0.25) is 14.9 Å².